The van der Waals surface area contributed by atoms with Gasteiger partial charge in [-0.2, -0.15) is 0 Å². The Morgan fingerprint density at radius 1 is 1.18 bits per heavy atom. The van der Waals surface area contributed by atoms with Gasteiger partial charge in [0.05, 0.1) is 22.7 Å². The van der Waals surface area contributed by atoms with Gasteiger partial charge in [0.15, 0.2) is 6.61 Å². The number of hydrogen-bond acceptors (Lipinski definition) is 7. The van der Waals surface area contributed by atoms with Gasteiger partial charge in [0.2, 0.25) is 5.91 Å². The van der Waals surface area contributed by atoms with Crippen LogP contribution >= 0.6 is 0 Å². The Bertz CT molecular complexity index is 770. The number of ether oxygens (including phenoxy) is 1. The van der Waals surface area contributed by atoms with Crippen molar-refractivity contribution in [2.45, 2.75) is 26.3 Å². The molecule has 0 atom stereocenters. The number of carbonyl (C=O) groups is 3. The number of nitrogens with one attached hydrogen (secondary N) is 1. The Hall–Kier alpha value is -3.17. The molecule has 10 nitrogen and oxygen atoms in total. The number of rotatable bonds is 7. The van der Waals surface area contributed by atoms with E-state index in [0.717, 1.165) is 11.0 Å². The fraction of sp³-hybridized carbons (Fsp3) is 0.500. The van der Waals surface area contributed by atoms with Gasteiger partial charge in [-0.1, -0.05) is 0 Å². The SMILES string of the molecule is CN(CC(=O)NC(C)(C)C)C(=O)COC(=O)c1cc([N+](=O)[O-])ccc1N(C)C. The van der Waals surface area contributed by atoms with Crippen molar-refractivity contribution in [2.75, 3.05) is 39.2 Å². The summed E-state index contributed by atoms with van der Waals surface area (Å²) in [6, 6.07) is 3.81. The van der Waals surface area contributed by atoms with Crippen molar-refractivity contribution in [2.24, 2.45) is 0 Å². The quantitative estimate of drug-likeness (QED) is 0.419. The van der Waals surface area contributed by atoms with Crippen LogP contribution in [0.1, 0.15) is 31.1 Å². The summed E-state index contributed by atoms with van der Waals surface area (Å²) in [5.41, 5.74) is -0.307. The molecule has 0 aliphatic carbocycles. The zero-order valence-corrected chi connectivity index (χ0v) is 16.9. The molecule has 0 aliphatic rings. The number of non-ortho nitro benzene ring substituents is 1. The van der Waals surface area contributed by atoms with E-state index in [1.807, 2.05) is 20.8 Å². The number of benzene rings is 1. The predicted octanol–water partition coefficient (Wildman–Crippen LogP) is 1.19. The van der Waals surface area contributed by atoms with Gasteiger partial charge in [0.1, 0.15) is 0 Å². The number of esters is 1. The zero-order chi connectivity index (χ0) is 21.6. The third-order valence-electron chi connectivity index (χ3n) is 3.54. The number of hydrogen-bond donors (Lipinski definition) is 1. The lowest BCUT2D eigenvalue weighted by Crippen LogP contribution is -2.46. The number of nitrogens with zero attached hydrogens (tertiary/aromatic N) is 3. The second-order valence-electron chi connectivity index (χ2n) is 7.48. The third kappa shape index (κ3) is 6.86. The Morgan fingerprint density at radius 2 is 1.79 bits per heavy atom. The van der Waals surface area contributed by atoms with Gasteiger partial charge in [0.25, 0.3) is 11.6 Å². The summed E-state index contributed by atoms with van der Waals surface area (Å²) in [5, 5.41) is 13.7. The van der Waals surface area contributed by atoms with Crippen LogP contribution < -0.4 is 10.2 Å². The van der Waals surface area contributed by atoms with Crippen LogP contribution in [0.15, 0.2) is 18.2 Å². The van der Waals surface area contributed by atoms with Crippen LogP contribution in [0.3, 0.4) is 0 Å². The monoisotopic (exact) mass is 394 g/mol. The van der Waals surface area contributed by atoms with Crippen molar-refractivity contribution < 1.29 is 24.0 Å². The van der Waals surface area contributed by atoms with Gasteiger partial charge in [-0.15, -0.1) is 0 Å². The number of carbonyl (C=O) groups excluding carboxylic acids is 3. The minimum Gasteiger partial charge on any atom is -0.452 e. The van der Waals surface area contributed by atoms with Gasteiger partial charge in [-0.05, 0) is 26.8 Å². The van der Waals surface area contributed by atoms with Gasteiger partial charge < -0.3 is 19.9 Å². The average Bonchev–Trinajstić information content (AvgIpc) is 2.56. The average molecular weight is 394 g/mol. The maximum atomic E-state index is 12.4. The van der Waals surface area contributed by atoms with Crippen LogP contribution in [0.4, 0.5) is 11.4 Å². The summed E-state index contributed by atoms with van der Waals surface area (Å²) >= 11 is 0. The van der Waals surface area contributed by atoms with E-state index in [0.29, 0.717) is 5.69 Å². The Labute approximate surface area is 163 Å². The summed E-state index contributed by atoms with van der Waals surface area (Å²) < 4.78 is 5.01. The highest BCUT2D eigenvalue weighted by molar-refractivity contribution is 5.97. The Morgan fingerprint density at radius 3 is 2.29 bits per heavy atom. The van der Waals surface area contributed by atoms with E-state index in [4.69, 9.17) is 4.74 Å². The summed E-state index contributed by atoms with van der Waals surface area (Å²) in [4.78, 5) is 49.4. The molecule has 0 radical (unpaired) electrons. The standard InChI is InChI=1S/C18H26N4O6/c1-18(2,3)19-15(23)10-21(6)16(24)11-28-17(25)13-9-12(22(26)27)7-8-14(13)20(4)5/h7-9H,10-11H2,1-6H3,(H,19,23). The highest BCUT2D eigenvalue weighted by atomic mass is 16.6. The minimum atomic E-state index is -0.867. The van der Waals surface area contributed by atoms with E-state index in [9.17, 15) is 24.5 Å². The molecule has 154 valence electrons. The smallest absolute Gasteiger partial charge is 0.341 e. The molecule has 0 heterocycles. The van der Waals surface area contributed by atoms with Crippen molar-refractivity contribution in [3.05, 3.63) is 33.9 Å². The van der Waals surface area contributed by atoms with Crippen LogP contribution in [0.2, 0.25) is 0 Å². The van der Waals surface area contributed by atoms with Crippen LogP contribution in [0, 0.1) is 10.1 Å². The van der Waals surface area contributed by atoms with Crippen LogP contribution in [-0.2, 0) is 14.3 Å². The predicted molar refractivity (Wildman–Crippen MR) is 103 cm³/mol. The molecule has 2 amide bonds. The van der Waals surface area contributed by atoms with Crippen LogP contribution in [0.25, 0.3) is 0 Å². The molecule has 1 rings (SSSR count). The topological polar surface area (TPSA) is 122 Å². The van der Waals surface area contributed by atoms with Crippen molar-refractivity contribution in [3.8, 4) is 0 Å². The molecule has 1 aromatic carbocycles. The maximum Gasteiger partial charge on any atom is 0.341 e. The van der Waals surface area contributed by atoms with Crippen LogP contribution in [0.5, 0.6) is 0 Å². The Balaban J connectivity index is 2.78. The summed E-state index contributed by atoms with van der Waals surface area (Å²) in [6.45, 7) is 4.67. The lowest BCUT2D eigenvalue weighted by molar-refractivity contribution is -0.384. The van der Waals surface area contributed by atoms with E-state index in [1.165, 1.54) is 19.2 Å². The first-order valence-electron chi connectivity index (χ1n) is 8.49. The number of anilines is 1. The molecule has 1 N–H and O–H groups in total. The molecule has 0 aromatic heterocycles. The summed E-state index contributed by atoms with van der Waals surface area (Å²) in [6.07, 6.45) is 0. The fourth-order valence-corrected chi connectivity index (χ4v) is 2.27. The van der Waals surface area contributed by atoms with Gasteiger partial charge in [-0.25, -0.2) is 4.79 Å². The highest BCUT2D eigenvalue weighted by Gasteiger charge is 2.22. The number of nitro benzene ring substituents is 1. The molecule has 0 saturated heterocycles. The molecule has 0 saturated carbocycles. The summed E-state index contributed by atoms with van der Waals surface area (Å²) in [5.74, 6) is -1.79. The molecular formula is C18H26N4O6. The van der Waals surface area contributed by atoms with Crippen molar-refractivity contribution >= 4 is 29.2 Å². The van der Waals surface area contributed by atoms with E-state index in [2.05, 4.69) is 5.32 Å². The highest BCUT2D eigenvalue weighted by Crippen LogP contribution is 2.24. The van der Waals surface area contributed by atoms with Gasteiger partial charge >= 0.3 is 5.97 Å². The lowest BCUT2D eigenvalue weighted by atomic mass is 10.1. The molecule has 0 aliphatic heterocycles. The second kappa shape index (κ2) is 9.16. The van der Waals surface area contributed by atoms with Crippen molar-refractivity contribution in [1.29, 1.82) is 0 Å². The molecule has 28 heavy (non-hydrogen) atoms. The van der Waals surface area contributed by atoms with Gasteiger partial charge in [-0.3, -0.25) is 19.7 Å². The molecule has 0 fully saturated rings. The zero-order valence-electron chi connectivity index (χ0n) is 16.9. The first kappa shape index (κ1) is 22.9. The molecule has 0 unspecified atom stereocenters. The van der Waals surface area contributed by atoms with E-state index >= 15 is 0 Å². The number of nitro groups is 1. The maximum absolute atomic E-state index is 12.4. The number of amides is 2. The fourth-order valence-electron chi connectivity index (χ4n) is 2.27. The van der Waals surface area contributed by atoms with Gasteiger partial charge in [0, 0.05) is 38.8 Å². The largest absolute Gasteiger partial charge is 0.452 e. The Kier molecular flexibility index (Phi) is 7.48. The summed E-state index contributed by atoms with van der Waals surface area (Å²) in [7, 11) is 4.76. The first-order chi connectivity index (χ1) is 12.8. The van der Waals surface area contributed by atoms with E-state index in [-0.39, 0.29) is 23.7 Å². The molecule has 10 heteroatoms. The molecular weight excluding hydrogens is 368 g/mol. The molecule has 0 spiro atoms. The van der Waals surface area contributed by atoms with Crippen molar-refractivity contribution in [3.63, 3.8) is 0 Å². The van der Waals surface area contributed by atoms with E-state index in [1.54, 1.807) is 19.0 Å². The third-order valence-corrected chi connectivity index (χ3v) is 3.54. The minimum absolute atomic E-state index is 0.0277. The second-order valence-corrected chi connectivity index (χ2v) is 7.48. The van der Waals surface area contributed by atoms with Crippen LogP contribution in [-0.4, -0.2) is 67.4 Å². The normalized spacial score (nSPS) is 10.8. The van der Waals surface area contributed by atoms with Crippen molar-refractivity contribution in [1.82, 2.24) is 10.2 Å². The first-order valence-corrected chi connectivity index (χ1v) is 8.49. The number of likely N-dealkylation sites (N-methyl/N-ethyl adjacent to an activating group) is 1. The lowest BCUT2D eigenvalue weighted by Gasteiger charge is -2.23. The molecule has 0 bridgehead atoms. The van der Waals surface area contributed by atoms with E-state index < -0.39 is 28.9 Å². The molecule has 1 aromatic rings.